The van der Waals surface area contributed by atoms with Gasteiger partial charge in [-0.15, -0.1) is 0 Å². The number of alkyl halides is 3. The second-order valence-electron chi connectivity index (χ2n) is 6.76. The van der Waals surface area contributed by atoms with Crippen molar-refractivity contribution in [2.24, 2.45) is 23.7 Å². The average Bonchev–Trinajstić information content (AvgIpc) is 3.20. The molecule has 0 atom stereocenters. The molecule has 0 saturated heterocycles. The van der Waals surface area contributed by atoms with Crippen molar-refractivity contribution in [1.29, 1.82) is 0 Å². The Hall–Kier alpha value is -4.29. The van der Waals surface area contributed by atoms with Crippen LogP contribution < -0.4 is 27.1 Å². The number of guanidine groups is 1. The number of rotatable bonds is 9. The van der Waals surface area contributed by atoms with E-state index in [0.717, 1.165) is 4.57 Å². The van der Waals surface area contributed by atoms with Gasteiger partial charge in [-0.1, -0.05) is 0 Å². The Morgan fingerprint density at radius 1 is 1.28 bits per heavy atom. The molecular formula is C17H23F3N8O7S. The van der Waals surface area contributed by atoms with Gasteiger partial charge in [-0.05, 0) is 24.2 Å². The SMILES string of the molecule is Cc1ccc(NS(=O)(=O)c2cn(C)cn2)c(=O)n1CC(=O)NCCON=C(N)N.O=C(O)C(F)(F)F. The number of nitrogens with one attached hydrogen (secondary N) is 2. The molecule has 1 amide bonds. The van der Waals surface area contributed by atoms with Crippen LogP contribution in [-0.2, 0) is 38.0 Å². The van der Waals surface area contributed by atoms with Crippen molar-refractivity contribution in [3.05, 3.63) is 40.7 Å². The summed E-state index contributed by atoms with van der Waals surface area (Å²) in [6, 6.07) is 2.85. The quantitative estimate of drug-likeness (QED) is 0.109. The first-order valence-corrected chi connectivity index (χ1v) is 11.0. The molecule has 2 aromatic rings. The Balaban J connectivity index is 0.000000809. The molecule has 0 aliphatic rings. The zero-order valence-corrected chi connectivity index (χ0v) is 19.6. The van der Waals surface area contributed by atoms with Gasteiger partial charge < -0.3 is 35.9 Å². The van der Waals surface area contributed by atoms with Crippen LogP contribution in [0.1, 0.15) is 5.69 Å². The Labute approximate surface area is 201 Å². The van der Waals surface area contributed by atoms with Crippen LogP contribution in [0, 0.1) is 6.92 Å². The van der Waals surface area contributed by atoms with E-state index in [-0.39, 0.29) is 36.4 Å². The number of carboxylic acid groups (broad SMARTS) is 1. The highest BCUT2D eigenvalue weighted by atomic mass is 32.2. The van der Waals surface area contributed by atoms with Crippen LogP contribution in [-0.4, -0.2) is 64.8 Å². The largest absolute Gasteiger partial charge is 0.490 e. The maximum atomic E-state index is 12.7. The fourth-order valence-corrected chi connectivity index (χ4v) is 3.27. The lowest BCUT2D eigenvalue weighted by Crippen LogP contribution is -2.36. The Kier molecular flexibility index (Phi) is 10.3. The standard InChI is InChI=1S/C15H22N8O5S.C2HF3O2/c1-10-3-4-11(21-29(26,27)13-8-22(2)9-19-13)14(25)23(10)7-12(24)18-5-6-28-20-15(16)17;3-2(4,5)1(6)7/h3-4,8-9,21H,5-7H2,1-2H3,(H,18,24)(H4,16,17,20);(H,6,7). The molecule has 0 aliphatic carbocycles. The van der Waals surface area contributed by atoms with Gasteiger partial charge in [0.25, 0.3) is 15.6 Å². The van der Waals surface area contributed by atoms with Crippen LogP contribution in [0.15, 0.2) is 39.6 Å². The summed E-state index contributed by atoms with van der Waals surface area (Å²) in [5, 5.41) is 12.7. The monoisotopic (exact) mass is 540 g/mol. The van der Waals surface area contributed by atoms with E-state index in [2.05, 4.69) is 20.2 Å². The van der Waals surface area contributed by atoms with Crippen molar-refractivity contribution >= 4 is 33.5 Å². The molecule has 0 aliphatic heterocycles. The number of aromatic nitrogens is 3. The molecule has 2 rings (SSSR count). The van der Waals surface area contributed by atoms with Gasteiger partial charge in [0.05, 0.1) is 12.9 Å². The maximum Gasteiger partial charge on any atom is 0.490 e. The van der Waals surface area contributed by atoms with Crippen LogP contribution in [0.4, 0.5) is 18.9 Å². The summed E-state index contributed by atoms with van der Waals surface area (Å²) in [6.07, 6.45) is -2.46. The van der Waals surface area contributed by atoms with Crippen LogP contribution in [0.3, 0.4) is 0 Å². The van der Waals surface area contributed by atoms with Gasteiger partial charge in [0.1, 0.15) is 18.8 Å². The second kappa shape index (κ2) is 12.4. The predicted octanol–water partition coefficient (Wildman–Crippen LogP) is -1.35. The highest BCUT2D eigenvalue weighted by Crippen LogP contribution is 2.13. The summed E-state index contributed by atoms with van der Waals surface area (Å²) in [5.41, 5.74) is 9.78. The number of carbonyl (C=O) groups excluding carboxylic acids is 1. The summed E-state index contributed by atoms with van der Waals surface area (Å²) in [7, 11) is -2.43. The average molecular weight is 540 g/mol. The number of amides is 1. The molecule has 0 spiro atoms. The van der Waals surface area contributed by atoms with E-state index >= 15 is 0 Å². The van der Waals surface area contributed by atoms with Crippen molar-refractivity contribution in [2.45, 2.75) is 24.7 Å². The van der Waals surface area contributed by atoms with Crippen LogP contribution in [0.25, 0.3) is 0 Å². The number of oxime groups is 1. The lowest BCUT2D eigenvalue weighted by Gasteiger charge is -2.13. The molecule has 200 valence electrons. The molecule has 2 heterocycles. The lowest BCUT2D eigenvalue weighted by atomic mass is 10.3. The molecular weight excluding hydrogens is 517 g/mol. The van der Waals surface area contributed by atoms with Gasteiger partial charge in [-0.3, -0.25) is 14.3 Å². The van der Waals surface area contributed by atoms with Gasteiger partial charge in [0.15, 0.2) is 5.03 Å². The number of imidazole rings is 1. The summed E-state index contributed by atoms with van der Waals surface area (Å²) in [5.74, 6) is -3.48. The van der Waals surface area contributed by atoms with Crippen molar-refractivity contribution in [3.8, 4) is 0 Å². The number of halogens is 3. The molecule has 0 aromatic carbocycles. The van der Waals surface area contributed by atoms with Crippen molar-refractivity contribution < 1.29 is 41.1 Å². The third-order valence-electron chi connectivity index (χ3n) is 3.82. The number of nitrogens with zero attached hydrogens (tertiary/aromatic N) is 4. The summed E-state index contributed by atoms with van der Waals surface area (Å²) in [4.78, 5) is 42.1. The molecule has 15 nitrogen and oxygen atoms in total. The number of anilines is 1. The van der Waals surface area contributed by atoms with E-state index in [1.165, 1.54) is 29.2 Å². The number of hydrogen-bond donors (Lipinski definition) is 5. The number of aryl methyl sites for hydroxylation is 2. The minimum Gasteiger partial charge on any atom is -0.475 e. The predicted molar refractivity (Wildman–Crippen MR) is 118 cm³/mol. The number of hydrogen-bond acceptors (Lipinski definition) is 8. The van der Waals surface area contributed by atoms with Crippen molar-refractivity contribution in [3.63, 3.8) is 0 Å². The van der Waals surface area contributed by atoms with Gasteiger partial charge in [-0.2, -0.15) is 21.6 Å². The van der Waals surface area contributed by atoms with E-state index in [1.54, 1.807) is 14.0 Å². The Morgan fingerprint density at radius 3 is 2.39 bits per heavy atom. The Morgan fingerprint density at radius 2 is 1.89 bits per heavy atom. The highest BCUT2D eigenvalue weighted by Gasteiger charge is 2.38. The van der Waals surface area contributed by atoms with Crippen LogP contribution >= 0.6 is 0 Å². The Bertz CT molecular complexity index is 1270. The molecule has 0 radical (unpaired) electrons. The molecule has 19 heteroatoms. The highest BCUT2D eigenvalue weighted by molar-refractivity contribution is 7.92. The summed E-state index contributed by atoms with van der Waals surface area (Å²) in [6.45, 7) is 1.44. The lowest BCUT2D eigenvalue weighted by molar-refractivity contribution is -0.192. The topological polar surface area (TPSA) is 226 Å². The molecule has 0 unspecified atom stereocenters. The molecule has 0 fully saturated rings. The number of pyridine rings is 1. The van der Waals surface area contributed by atoms with Crippen molar-refractivity contribution in [2.75, 3.05) is 17.9 Å². The molecule has 0 saturated carbocycles. The first-order chi connectivity index (χ1) is 16.5. The van der Waals surface area contributed by atoms with Crippen molar-refractivity contribution in [1.82, 2.24) is 19.4 Å². The normalized spacial score (nSPS) is 11.0. The minimum atomic E-state index is -5.08. The van der Waals surface area contributed by atoms with Crippen LogP contribution in [0.2, 0.25) is 0 Å². The van der Waals surface area contributed by atoms with E-state index in [4.69, 9.17) is 26.2 Å². The summed E-state index contributed by atoms with van der Waals surface area (Å²) >= 11 is 0. The van der Waals surface area contributed by atoms with Gasteiger partial charge >= 0.3 is 12.1 Å². The summed E-state index contributed by atoms with van der Waals surface area (Å²) < 4.78 is 61.3. The van der Waals surface area contributed by atoms with E-state index in [1.807, 2.05) is 0 Å². The first kappa shape index (κ1) is 29.7. The maximum absolute atomic E-state index is 12.7. The molecule has 0 bridgehead atoms. The number of aliphatic carboxylic acids is 1. The zero-order chi connectivity index (χ0) is 27.7. The first-order valence-electron chi connectivity index (χ1n) is 9.53. The van der Waals surface area contributed by atoms with Gasteiger partial charge in [0.2, 0.25) is 11.9 Å². The molecule has 2 aromatic heterocycles. The third-order valence-corrected chi connectivity index (χ3v) is 5.07. The van der Waals surface area contributed by atoms with E-state index in [9.17, 15) is 31.2 Å². The molecule has 7 N–H and O–H groups in total. The van der Waals surface area contributed by atoms with Crippen LogP contribution in [0.5, 0.6) is 0 Å². The second-order valence-corrected chi connectivity index (χ2v) is 8.39. The van der Waals surface area contributed by atoms with Gasteiger partial charge in [-0.25, -0.2) is 9.78 Å². The molecule has 36 heavy (non-hydrogen) atoms. The van der Waals surface area contributed by atoms with E-state index in [0.29, 0.717) is 5.69 Å². The van der Waals surface area contributed by atoms with Gasteiger partial charge in [0, 0.05) is 18.9 Å². The number of sulfonamides is 1. The fraction of sp³-hybridized carbons (Fsp3) is 0.353. The number of nitrogens with two attached hydrogens (primary N) is 2. The van der Waals surface area contributed by atoms with E-state index < -0.39 is 33.6 Å². The number of carboxylic acids is 1. The number of carbonyl (C=O) groups is 2. The zero-order valence-electron chi connectivity index (χ0n) is 18.8. The minimum absolute atomic E-state index is 0.0292. The smallest absolute Gasteiger partial charge is 0.475 e. The fourth-order valence-electron chi connectivity index (χ4n) is 2.23. The third kappa shape index (κ3) is 9.52.